The molecule has 8 nitrogen and oxygen atoms in total. The van der Waals surface area contributed by atoms with Crippen LogP contribution in [0.25, 0.3) is 0 Å². The van der Waals surface area contributed by atoms with Crippen molar-refractivity contribution < 1.29 is 32.9 Å². The molecule has 0 aliphatic rings. The molecule has 0 bridgehead atoms. The number of aliphatic hydroxyl groups excluding tert-OH is 1. The zero-order valence-corrected chi connectivity index (χ0v) is 48.4. The number of hydrogen-bond donors (Lipinski definition) is 3. The summed E-state index contributed by atoms with van der Waals surface area (Å²) in [4.78, 5) is 23.3. The van der Waals surface area contributed by atoms with Crippen molar-refractivity contribution in [2.45, 2.75) is 289 Å². The van der Waals surface area contributed by atoms with Crippen LogP contribution in [-0.2, 0) is 18.4 Å². The molecular weight excluding hydrogens is 900 g/mol. The Labute approximate surface area is 441 Å². The second-order valence-corrected chi connectivity index (χ2v) is 23.2. The SMILES string of the molecule is CC/C=C\C/C=C\C/C=C\C/C=C\CCCCCCCCCCCCCCCCCCC(=O)NC(COP(=O)(O)OCC[N+](C)(C)C)C(O)/C=C/CCCCCCCCCCCCCCCCCCCC. The number of rotatable bonds is 55. The number of quaternary nitrogens is 1. The smallest absolute Gasteiger partial charge is 0.387 e. The summed E-state index contributed by atoms with van der Waals surface area (Å²) in [5, 5.41) is 14.0. The van der Waals surface area contributed by atoms with Crippen LogP contribution in [-0.4, -0.2) is 73.4 Å². The van der Waals surface area contributed by atoms with Crippen molar-refractivity contribution in [3.05, 3.63) is 60.8 Å². The molecule has 1 amide bonds. The molecule has 0 heterocycles. The summed E-state index contributed by atoms with van der Waals surface area (Å²) < 4.78 is 23.7. The highest BCUT2D eigenvalue weighted by molar-refractivity contribution is 7.47. The first-order valence-electron chi connectivity index (χ1n) is 30.2. The Hall–Kier alpha value is -1.80. The van der Waals surface area contributed by atoms with Crippen LogP contribution in [0.5, 0.6) is 0 Å². The molecule has 3 unspecified atom stereocenters. The highest BCUT2D eigenvalue weighted by Gasteiger charge is 2.27. The molecule has 3 atom stereocenters. The minimum Gasteiger partial charge on any atom is -0.387 e. The van der Waals surface area contributed by atoms with Gasteiger partial charge in [-0.05, 0) is 57.8 Å². The number of amides is 1. The van der Waals surface area contributed by atoms with E-state index in [0.29, 0.717) is 17.4 Å². The largest absolute Gasteiger partial charge is 0.472 e. The summed E-state index contributed by atoms with van der Waals surface area (Å²) in [5.41, 5.74) is 0. The number of phosphoric ester groups is 1. The van der Waals surface area contributed by atoms with Crippen LogP contribution in [0.1, 0.15) is 277 Å². The van der Waals surface area contributed by atoms with Gasteiger partial charge in [0, 0.05) is 6.42 Å². The number of likely N-dealkylation sites (N-methyl/N-ethyl adjacent to an activating group) is 1. The number of phosphoric acid groups is 1. The minimum atomic E-state index is -4.35. The van der Waals surface area contributed by atoms with Crippen molar-refractivity contribution in [3.8, 4) is 0 Å². The average molecular weight is 1020 g/mol. The molecule has 9 heteroatoms. The van der Waals surface area contributed by atoms with Gasteiger partial charge in [0.1, 0.15) is 13.2 Å². The van der Waals surface area contributed by atoms with E-state index in [2.05, 4.69) is 67.8 Å². The Bertz CT molecular complexity index is 1340. The summed E-state index contributed by atoms with van der Waals surface area (Å²) in [7, 11) is 1.58. The second-order valence-electron chi connectivity index (χ2n) is 21.7. The van der Waals surface area contributed by atoms with Crippen LogP contribution >= 0.6 is 7.82 Å². The molecule has 71 heavy (non-hydrogen) atoms. The van der Waals surface area contributed by atoms with E-state index in [9.17, 15) is 19.4 Å². The molecule has 0 aromatic carbocycles. The van der Waals surface area contributed by atoms with Gasteiger partial charge in [-0.3, -0.25) is 13.8 Å². The van der Waals surface area contributed by atoms with Gasteiger partial charge < -0.3 is 19.8 Å². The van der Waals surface area contributed by atoms with Crippen molar-refractivity contribution >= 4 is 13.7 Å². The number of nitrogens with one attached hydrogen (secondary N) is 1. The van der Waals surface area contributed by atoms with E-state index < -0.39 is 20.0 Å². The van der Waals surface area contributed by atoms with Gasteiger partial charge >= 0.3 is 7.82 Å². The Morgan fingerprint density at radius 1 is 0.493 bits per heavy atom. The number of aliphatic hydroxyl groups is 1. The first-order chi connectivity index (χ1) is 34.5. The molecule has 0 aliphatic heterocycles. The number of carbonyl (C=O) groups is 1. The molecule has 416 valence electrons. The molecule has 0 radical (unpaired) electrons. The maximum absolute atomic E-state index is 13.0. The van der Waals surface area contributed by atoms with Crippen LogP contribution < -0.4 is 5.32 Å². The summed E-state index contributed by atoms with van der Waals surface area (Å²) >= 11 is 0. The molecule has 0 aromatic heterocycles. The standard InChI is InChI=1S/C62H117N2O6P/c1-6-8-10-12-14-16-18-20-22-24-26-28-29-30-31-32-33-34-35-36-38-40-42-44-46-48-50-52-54-56-62(66)63-60(59-70-71(67,68)69-58-57-64(3,4)5)61(65)55-53-51-49-47-45-43-41-39-37-27-25-23-21-19-17-15-13-11-9-7-2/h8,10,14,16,20,22,26,28,53,55,60-61,65H,6-7,9,11-13,15,17-19,21,23-25,27,29-52,54,56-59H2,1-5H3,(H-,63,66,67,68)/p+1/b10-8-,16-14-,22-20-,28-26-,55-53+. The van der Waals surface area contributed by atoms with Crippen LogP contribution in [0, 0.1) is 0 Å². The van der Waals surface area contributed by atoms with E-state index in [1.807, 2.05) is 27.2 Å². The zero-order valence-electron chi connectivity index (χ0n) is 47.5. The van der Waals surface area contributed by atoms with Crippen molar-refractivity contribution in [1.29, 1.82) is 0 Å². The lowest BCUT2D eigenvalue weighted by atomic mass is 10.0. The van der Waals surface area contributed by atoms with Crippen molar-refractivity contribution in [2.75, 3.05) is 40.9 Å². The van der Waals surface area contributed by atoms with Crippen molar-refractivity contribution in [3.63, 3.8) is 0 Å². The first-order valence-corrected chi connectivity index (χ1v) is 31.7. The molecule has 0 aromatic rings. The highest BCUT2D eigenvalue weighted by Crippen LogP contribution is 2.43. The molecule has 0 rings (SSSR count). The lowest BCUT2D eigenvalue weighted by Crippen LogP contribution is -2.45. The number of hydrogen-bond acceptors (Lipinski definition) is 5. The summed E-state index contributed by atoms with van der Waals surface area (Å²) in [5.74, 6) is -0.175. The fraction of sp³-hybridized carbons (Fsp3) is 0.823. The number of allylic oxidation sites excluding steroid dienone is 9. The van der Waals surface area contributed by atoms with Gasteiger partial charge in [0.05, 0.1) is 39.9 Å². The molecule has 3 N–H and O–H groups in total. The fourth-order valence-electron chi connectivity index (χ4n) is 8.80. The van der Waals surface area contributed by atoms with E-state index in [-0.39, 0.29) is 19.1 Å². The van der Waals surface area contributed by atoms with Crippen LogP contribution in [0.2, 0.25) is 0 Å². The summed E-state index contributed by atoms with van der Waals surface area (Å²) in [6.07, 6.45) is 71.8. The Balaban J connectivity index is 4.14. The third-order valence-electron chi connectivity index (χ3n) is 13.5. The topological polar surface area (TPSA) is 105 Å². The van der Waals surface area contributed by atoms with Gasteiger partial charge in [-0.1, -0.05) is 274 Å². The predicted molar refractivity (Wildman–Crippen MR) is 309 cm³/mol. The van der Waals surface area contributed by atoms with Gasteiger partial charge in [-0.15, -0.1) is 0 Å². The first kappa shape index (κ1) is 69.2. The maximum atomic E-state index is 13.0. The van der Waals surface area contributed by atoms with E-state index in [1.165, 1.54) is 193 Å². The third-order valence-corrected chi connectivity index (χ3v) is 14.5. The van der Waals surface area contributed by atoms with E-state index in [0.717, 1.165) is 64.2 Å². The summed E-state index contributed by atoms with van der Waals surface area (Å²) in [6.45, 7) is 4.73. The fourth-order valence-corrected chi connectivity index (χ4v) is 9.54. The zero-order chi connectivity index (χ0) is 52.0. The molecule has 0 fully saturated rings. The average Bonchev–Trinajstić information content (AvgIpc) is 3.33. The van der Waals surface area contributed by atoms with E-state index >= 15 is 0 Å². The van der Waals surface area contributed by atoms with Crippen LogP contribution in [0.3, 0.4) is 0 Å². The molecule has 0 saturated carbocycles. The van der Waals surface area contributed by atoms with Gasteiger partial charge in [-0.25, -0.2) is 4.57 Å². The maximum Gasteiger partial charge on any atom is 0.472 e. The normalized spacial score (nSPS) is 14.3. The van der Waals surface area contributed by atoms with Crippen LogP contribution in [0.15, 0.2) is 60.8 Å². The quantitative estimate of drug-likeness (QED) is 0.0243. The second kappa shape index (κ2) is 53.0. The van der Waals surface area contributed by atoms with Crippen molar-refractivity contribution in [1.82, 2.24) is 5.32 Å². The molecule has 0 spiro atoms. The van der Waals surface area contributed by atoms with Crippen molar-refractivity contribution in [2.24, 2.45) is 0 Å². The monoisotopic (exact) mass is 1020 g/mol. The lowest BCUT2D eigenvalue weighted by molar-refractivity contribution is -0.870. The predicted octanol–water partition coefficient (Wildman–Crippen LogP) is 18.5. The molecule has 0 saturated heterocycles. The van der Waals surface area contributed by atoms with E-state index in [1.54, 1.807) is 6.08 Å². The van der Waals surface area contributed by atoms with Gasteiger partial charge in [0.2, 0.25) is 5.91 Å². The Morgan fingerprint density at radius 2 is 0.845 bits per heavy atom. The van der Waals surface area contributed by atoms with Gasteiger partial charge in [0.15, 0.2) is 0 Å². The van der Waals surface area contributed by atoms with Crippen LogP contribution in [0.4, 0.5) is 0 Å². The minimum absolute atomic E-state index is 0.0613. The summed E-state index contributed by atoms with van der Waals surface area (Å²) in [6, 6.07) is -0.848. The highest BCUT2D eigenvalue weighted by atomic mass is 31.2. The Morgan fingerprint density at radius 3 is 1.24 bits per heavy atom. The number of nitrogens with zero attached hydrogens (tertiary/aromatic N) is 1. The number of carbonyl (C=O) groups excluding carboxylic acids is 1. The van der Waals surface area contributed by atoms with Gasteiger partial charge in [0.25, 0.3) is 0 Å². The van der Waals surface area contributed by atoms with E-state index in [4.69, 9.17) is 9.05 Å². The third kappa shape index (κ3) is 55.8. The Kier molecular flexibility index (Phi) is 51.7. The molecule has 0 aliphatic carbocycles. The number of unbranched alkanes of at least 4 members (excludes halogenated alkanes) is 34. The molecular formula is C62H118N2O6P+. The lowest BCUT2D eigenvalue weighted by Gasteiger charge is -2.25. The van der Waals surface area contributed by atoms with Gasteiger partial charge in [-0.2, -0.15) is 0 Å².